The van der Waals surface area contributed by atoms with Crippen LogP contribution in [0.4, 0.5) is 5.69 Å². The third-order valence-electron chi connectivity index (χ3n) is 3.01. The Bertz CT molecular complexity index is 537. The van der Waals surface area contributed by atoms with Crippen molar-refractivity contribution in [2.45, 2.75) is 31.1 Å². The number of nitrogens with zero attached hydrogens (tertiary/aromatic N) is 2. The molecular formula is C12H19N3O3S. The first-order valence-electron chi connectivity index (χ1n) is 6.23. The van der Waals surface area contributed by atoms with Gasteiger partial charge in [0.05, 0.1) is 17.9 Å². The second-order valence-corrected chi connectivity index (χ2v) is 6.54. The van der Waals surface area contributed by atoms with Crippen molar-refractivity contribution in [2.24, 2.45) is 0 Å². The molecule has 0 aliphatic carbocycles. The summed E-state index contributed by atoms with van der Waals surface area (Å²) in [6.07, 6.45) is 1.27. The highest BCUT2D eigenvalue weighted by Crippen LogP contribution is 2.24. The fourth-order valence-corrected chi connectivity index (χ4v) is 3.93. The van der Waals surface area contributed by atoms with Crippen molar-refractivity contribution in [3.63, 3.8) is 0 Å². The van der Waals surface area contributed by atoms with Gasteiger partial charge in [0.25, 0.3) is 10.0 Å². The number of nitrogens with one attached hydrogen (secondary N) is 1. The summed E-state index contributed by atoms with van der Waals surface area (Å²) in [6, 6.07) is 3.41. The largest absolute Gasteiger partial charge is 0.386 e. The summed E-state index contributed by atoms with van der Waals surface area (Å²) in [4.78, 5) is 4.01. The number of morpholine rings is 1. The number of aromatic nitrogens is 1. The number of hydrogen-bond acceptors (Lipinski definition) is 5. The lowest BCUT2D eigenvalue weighted by Crippen LogP contribution is -2.48. The monoisotopic (exact) mass is 285 g/mol. The van der Waals surface area contributed by atoms with E-state index in [1.54, 1.807) is 19.2 Å². The van der Waals surface area contributed by atoms with Crippen molar-refractivity contribution in [2.75, 3.05) is 25.5 Å². The van der Waals surface area contributed by atoms with Gasteiger partial charge < -0.3 is 10.1 Å². The molecule has 7 heteroatoms. The number of hydrogen-bond donors (Lipinski definition) is 1. The first-order valence-corrected chi connectivity index (χ1v) is 7.67. The molecule has 0 aromatic carbocycles. The summed E-state index contributed by atoms with van der Waals surface area (Å²) in [5.74, 6) is 0. The maximum Gasteiger partial charge on any atom is 0.262 e. The fourth-order valence-electron chi connectivity index (χ4n) is 2.24. The minimum absolute atomic E-state index is 0.0683. The van der Waals surface area contributed by atoms with Gasteiger partial charge in [-0.25, -0.2) is 13.4 Å². The van der Waals surface area contributed by atoms with Gasteiger partial charge in [0.2, 0.25) is 0 Å². The standard InChI is InChI=1S/C12H19N3O3S/c1-9-7-15(8-10(2)18-9)19(16,17)12-11(13-3)5-4-6-14-12/h4-6,9-10,13H,7-8H2,1-3H3/t9-,10+. The van der Waals surface area contributed by atoms with E-state index in [-0.39, 0.29) is 17.2 Å². The van der Waals surface area contributed by atoms with E-state index in [1.807, 2.05) is 13.8 Å². The SMILES string of the molecule is CNc1cccnc1S(=O)(=O)N1C[C@@H](C)O[C@@H](C)C1. The van der Waals surface area contributed by atoms with Gasteiger partial charge in [-0.15, -0.1) is 0 Å². The van der Waals surface area contributed by atoms with Crippen LogP contribution in [-0.2, 0) is 14.8 Å². The lowest BCUT2D eigenvalue weighted by Gasteiger charge is -2.34. The molecule has 0 amide bonds. The number of ether oxygens (including phenoxy) is 1. The summed E-state index contributed by atoms with van der Waals surface area (Å²) in [5.41, 5.74) is 0.509. The lowest BCUT2D eigenvalue weighted by molar-refractivity contribution is -0.0441. The van der Waals surface area contributed by atoms with Gasteiger partial charge in [0.15, 0.2) is 5.03 Å². The maximum atomic E-state index is 12.6. The molecule has 0 saturated carbocycles. The number of rotatable bonds is 3. The second-order valence-electron chi connectivity index (χ2n) is 4.69. The Morgan fingerprint density at radius 3 is 2.58 bits per heavy atom. The van der Waals surface area contributed by atoms with Crippen molar-refractivity contribution in [3.05, 3.63) is 18.3 Å². The van der Waals surface area contributed by atoms with Crippen molar-refractivity contribution < 1.29 is 13.2 Å². The Labute approximate surface area is 113 Å². The molecule has 2 heterocycles. The first kappa shape index (κ1) is 14.2. The van der Waals surface area contributed by atoms with Crippen molar-refractivity contribution in [1.82, 2.24) is 9.29 Å². The number of anilines is 1. The molecule has 1 aliphatic rings. The molecule has 0 spiro atoms. The molecule has 2 atom stereocenters. The van der Waals surface area contributed by atoms with Crippen LogP contribution in [0.1, 0.15) is 13.8 Å². The van der Waals surface area contributed by atoms with Crippen molar-refractivity contribution >= 4 is 15.7 Å². The zero-order valence-electron chi connectivity index (χ0n) is 11.3. The molecule has 1 N–H and O–H groups in total. The maximum absolute atomic E-state index is 12.6. The second kappa shape index (κ2) is 5.44. The summed E-state index contributed by atoms with van der Waals surface area (Å²) < 4.78 is 32.3. The molecule has 1 saturated heterocycles. The molecule has 0 unspecified atom stereocenters. The van der Waals surface area contributed by atoms with Crippen LogP contribution < -0.4 is 5.32 Å². The minimum Gasteiger partial charge on any atom is -0.386 e. The van der Waals surface area contributed by atoms with Crippen LogP contribution in [0.5, 0.6) is 0 Å². The van der Waals surface area contributed by atoms with E-state index in [2.05, 4.69) is 10.3 Å². The third-order valence-corrected chi connectivity index (χ3v) is 4.80. The van der Waals surface area contributed by atoms with Gasteiger partial charge in [-0.2, -0.15) is 4.31 Å². The number of sulfonamides is 1. The molecule has 1 aromatic heterocycles. The quantitative estimate of drug-likeness (QED) is 0.894. The van der Waals surface area contributed by atoms with Gasteiger partial charge in [0, 0.05) is 26.3 Å². The van der Waals surface area contributed by atoms with Crippen LogP contribution in [0.15, 0.2) is 23.4 Å². The average Bonchev–Trinajstić information content (AvgIpc) is 2.37. The van der Waals surface area contributed by atoms with Gasteiger partial charge >= 0.3 is 0 Å². The van der Waals surface area contributed by atoms with Crippen LogP contribution >= 0.6 is 0 Å². The summed E-state index contributed by atoms with van der Waals surface area (Å²) in [7, 11) is -1.91. The minimum atomic E-state index is -3.59. The molecular weight excluding hydrogens is 266 g/mol. The molecule has 6 nitrogen and oxygen atoms in total. The van der Waals surface area contributed by atoms with Crippen LogP contribution in [0.25, 0.3) is 0 Å². The van der Waals surface area contributed by atoms with Gasteiger partial charge in [-0.3, -0.25) is 0 Å². The summed E-state index contributed by atoms with van der Waals surface area (Å²) in [5, 5.41) is 2.93. The van der Waals surface area contributed by atoms with Gasteiger partial charge in [-0.05, 0) is 26.0 Å². The van der Waals surface area contributed by atoms with E-state index in [1.165, 1.54) is 10.5 Å². The molecule has 1 fully saturated rings. The Kier molecular flexibility index (Phi) is 4.07. The summed E-state index contributed by atoms with van der Waals surface area (Å²) in [6.45, 7) is 4.45. The molecule has 1 aromatic rings. The molecule has 0 radical (unpaired) electrons. The smallest absolute Gasteiger partial charge is 0.262 e. The van der Waals surface area contributed by atoms with E-state index in [0.29, 0.717) is 18.8 Å². The topological polar surface area (TPSA) is 71.5 Å². The van der Waals surface area contributed by atoms with E-state index in [4.69, 9.17) is 4.74 Å². The van der Waals surface area contributed by atoms with E-state index >= 15 is 0 Å². The zero-order valence-corrected chi connectivity index (χ0v) is 12.1. The predicted molar refractivity (Wildman–Crippen MR) is 72.6 cm³/mol. The first-order chi connectivity index (χ1) is 8.95. The molecule has 0 bridgehead atoms. The van der Waals surface area contributed by atoms with Crippen LogP contribution in [0.2, 0.25) is 0 Å². The normalized spacial score (nSPS) is 25.2. The Balaban J connectivity index is 2.36. The highest BCUT2D eigenvalue weighted by Gasteiger charge is 2.34. The van der Waals surface area contributed by atoms with Gasteiger partial charge in [0.1, 0.15) is 0 Å². The van der Waals surface area contributed by atoms with Crippen molar-refractivity contribution in [1.29, 1.82) is 0 Å². The molecule has 19 heavy (non-hydrogen) atoms. The van der Waals surface area contributed by atoms with Gasteiger partial charge in [-0.1, -0.05) is 0 Å². The van der Waals surface area contributed by atoms with E-state index in [9.17, 15) is 8.42 Å². The molecule has 1 aliphatic heterocycles. The van der Waals surface area contributed by atoms with E-state index < -0.39 is 10.0 Å². The molecule has 2 rings (SSSR count). The van der Waals surface area contributed by atoms with Crippen LogP contribution in [0.3, 0.4) is 0 Å². The average molecular weight is 285 g/mol. The Morgan fingerprint density at radius 2 is 2.00 bits per heavy atom. The Morgan fingerprint density at radius 1 is 1.37 bits per heavy atom. The third kappa shape index (κ3) is 2.88. The van der Waals surface area contributed by atoms with Crippen LogP contribution in [0, 0.1) is 0 Å². The van der Waals surface area contributed by atoms with Crippen LogP contribution in [-0.4, -0.2) is 50.1 Å². The highest BCUT2D eigenvalue weighted by molar-refractivity contribution is 7.89. The number of pyridine rings is 1. The Hall–Kier alpha value is -1.18. The fraction of sp³-hybridized carbons (Fsp3) is 0.583. The molecule has 106 valence electrons. The van der Waals surface area contributed by atoms with E-state index in [0.717, 1.165) is 0 Å². The predicted octanol–water partition coefficient (Wildman–Crippen LogP) is 0.921. The zero-order chi connectivity index (χ0) is 14.0. The van der Waals surface area contributed by atoms with Crippen molar-refractivity contribution in [3.8, 4) is 0 Å². The highest BCUT2D eigenvalue weighted by atomic mass is 32.2. The lowest BCUT2D eigenvalue weighted by atomic mass is 10.3. The summed E-state index contributed by atoms with van der Waals surface area (Å²) >= 11 is 0.